The first kappa shape index (κ1) is 19.7. The van der Waals surface area contributed by atoms with Crippen LogP contribution in [-0.2, 0) is 17.5 Å². The van der Waals surface area contributed by atoms with Crippen LogP contribution in [0.4, 0.5) is 0 Å². The van der Waals surface area contributed by atoms with Crippen LogP contribution >= 0.6 is 36.2 Å². The fraction of sp³-hybridized carbons (Fsp3) is 0. The van der Waals surface area contributed by atoms with Gasteiger partial charge in [-0.3, -0.25) is 0 Å². The number of halogens is 3. The van der Waals surface area contributed by atoms with Crippen molar-refractivity contribution in [3.63, 3.8) is 0 Å². The Morgan fingerprint density at radius 2 is 0.750 bits per heavy atom. The number of benzene rings is 3. The predicted octanol–water partition coefficient (Wildman–Crippen LogP) is 5.39. The third-order valence-corrected chi connectivity index (χ3v) is 6.44. The summed E-state index contributed by atoms with van der Waals surface area (Å²) in [5, 5.41) is 2.62. The van der Waals surface area contributed by atoms with Gasteiger partial charge in [-0.15, -0.1) is 0 Å². The molecule has 0 amide bonds. The fourth-order valence-electron chi connectivity index (χ4n) is 2.36. The molecule has 0 atom stereocenters. The molecular formula is C18H15Cl3OPRu. The van der Waals surface area contributed by atoms with Gasteiger partial charge in [-0.1, -0.05) is 91.0 Å². The Balaban J connectivity index is 0.000000471. The molecule has 3 aromatic rings. The van der Waals surface area contributed by atoms with Crippen LogP contribution in [0.1, 0.15) is 0 Å². The van der Waals surface area contributed by atoms with E-state index in [9.17, 15) is 4.57 Å². The molecule has 0 radical (unpaired) electrons. The molecule has 0 aliphatic carbocycles. The summed E-state index contributed by atoms with van der Waals surface area (Å²) in [5.74, 6) is 0. The maximum absolute atomic E-state index is 13.8. The van der Waals surface area contributed by atoms with Gasteiger partial charge < -0.3 is 4.57 Å². The van der Waals surface area contributed by atoms with Crippen LogP contribution in [0.3, 0.4) is 0 Å². The molecule has 3 rings (SSSR count). The van der Waals surface area contributed by atoms with E-state index >= 15 is 0 Å². The van der Waals surface area contributed by atoms with Gasteiger partial charge in [0.15, 0.2) is 7.14 Å². The molecule has 0 saturated heterocycles. The Kier molecular flexibility index (Phi) is 8.01. The summed E-state index contributed by atoms with van der Waals surface area (Å²) in [6.07, 6.45) is 0. The molecule has 0 aliphatic rings. The standard InChI is InChI=1S/C18H15OP.3ClH.Ru/c19-20(16-10-4-1-5-11-16,17-12-6-2-7-13-17)18-14-8-3-9-15-18;;;;/h1-15H;3*1H;/q;;;;+3/p-3. The van der Waals surface area contributed by atoms with E-state index in [0.29, 0.717) is 0 Å². The first-order valence-corrected chi connectivity index (χ1v) is 15.4. The third-order valence-electron chi connectivity index (χ3n) is 3.36. The van der Waals surface area contributed by atoms with Crippen molar-refractivity contribution in [1.82, 2.24) is 0 Å². The molecule has 127 valence electrons. The molecule has 3 aromatic carbocycles. The quantitative estimate of drug-likeness (QED) is 0.359. The second kappa shape index (κ2) is 9.76. The van der Waals surface area contributed by atoms with Crippen LogP contribution in [0, 0.1) is 0 Å². The van der Waals surface area contributed by atoms with E-state index in [0.717, 1.165) is 15.9 Å². The summed E-state index contributed by atoms with van der Waals surface area (Å²) in [6, 6.07) is 29.1. The fourth-order valence-corrected chi connectivity index (χ4v) is 5.03. The van der Waals surface area contributed by atoms with Gasteiger partial charge in [0.1, 0.15) is 0 Å². The van der Waals surface area contributed by atoms with Crippen molar-refractivity contribution in [2.45, 2.75) is 0 Å². The monoisotopic (exact) mass is 485 g/mol. The maximum atomic E-state index is 13.8. The molecule has 24 heavy (non-hydrogen) atoms. The third kappa shape index (κ3) is 5.19. The van der Waals surface area contributed by atoms with Gasteiger partial charge in [-0.2, -0.15) is 0 Å². The molecule has 0 fully saturated rings. The van der Waals surface area contributed by atoms with E-state index < -0.39 is 20.1 Å². The molecule has 0 aromatic heterocycles. The number of hydrogen-bond acceptors (Lipinski definition) is 1. The van der Waals surface area contributed by atoms with Crippen molar-refractivity contribution in [2.75, 3.05) is 0 Å². The first-order chi connectivity index (χ1) is 11.5. The molecule has 0 unspecified atom stereocenters. The second-order valence-corrected chi connectivity index (χ2v) is 15.5. The average Bonchev–Trinajstić information content (AvgIpc) is 2.63. The topological polar surface area (TPSA) is 17.1 Å². The van der Waals surface area contributed by atoms with Gasteiger partial charge in [0, 0.05) is 15.9 Å². The van der Waals surface area contributed by atoms with Gasteiger partial charge in [-0.25, -0.2) is 0 Å². The summed E-state index contributed by atoms with van der Waals surface area (Å²) in [5.41, 5.74) is 0. The van der Waals surface area contributed by atoms with E-state index in [-0.39, 0.29) is 0 Å². The predicted molar refractivity (Wildman–Crippen MR) is 103 cm³/mol. The summed E-state index contributed by atoms with van der Waals surface area (Å²) in [7, 11) is 12.1. The van der Waals surface area contributed by atoms with Gasteiger partial charge in [0.25, 0.3) is 0 Å². The Labute approximate surface area is 160 Å². The Morgan fingerprint density at radius 1 is 0.542 bits per heavy atom. The van der Waals surface area contributed by atoms with E-state index in [1.54, 1.807) is 0 Å². The van der Waals surface area contributed by atoms with Crippen LogP contribution in [0.5, 0.6) is 0 Å². The van der Waals surface area contributed by atoms with E-state index in [1.807, 2.05) is 91.0 Å². The molecule has 0 spiro atoms. The molecule has 0 aliphatic heterocycles. The van der Waals surface area contributed by atoms with Gasteiger partial charge in [0.2, 0.25) is 0 Å². The minimum atomic E-state index is -2.78. The van der Waals surface area contributed by atoms with Crippen LogP contribution in [0.25, 0.3) is 0 Å². The van der Waals surface area contributed by atoms with Crippen LogP contribution in [-0.4, -0.2) is 0 Å². The summed E-state index contributed by atoms with van der Waals surface area (Å²) >= 11 is -1.75. The molecular weight excluding hydrogens is 471 g/mol. The number of hydrogen-bond donors (Lipinski definition) is 0. The summed E-state index contributed by atoms with van der Waals surface area (Å²) in [4.78, 5) is 0. The zero-order valence-corrected chi connectivity index (χ0v) is 17.4. The molecule has 0 heterocycles. The van der Waals surface area contributed by atoms with Crippen molar-refractivity contribution in [3.05, 3.63) is 91.0 Å². The van der Waals surface area contributed by atoms with Gasteiger partial charge in [-0.05, 0) is 0 Å². The first-order valence-electron chi connectivity index (χ1n) is 6.99. The van der Waals surface area contributed by atoms with Crippen molar-refractivity contribution < 1.29 is 17.5 Å². The zero-order valence-electron chi connectivity index (χ0n) is 12.5. The van der Waals surface area contributed by atoms with Crippen LogP contribution in [0.2, 0.25) is 0 Å². The van der Waals surface area contributed by atoms with E-state index in [4.69, 9.17) is 29.1 Å². The van der Waals surface area contributed by atoms with Crippen molar-refractivity contribution in [1.29, 1.82) is 0 Å². The molecule has 0 saturated carbocycles. The second-order valence-electron chi connectivity index (χ2n) is 4.77. The molecule has 0 bridgehead atoms. The van der Waals surface area contributed by atoms with Gasteiger partial charge >= 0.3 is 42.1 Å². The van der Waals surface area contributed by atoms with E-state index in [2.05, 4.69) is 0 Å². The van der Waals surface area contributed by atoms with Gasteiger partial charge in [0.05, 0.1) is 0 Å². The Bertz CT molecular complexity index is 677. The van der Waals surface area contributed by atoms with Crippen LogP contribution in [0.15, 0.2) is 91.0 Å². The van der Waals surface area contributed by atoms with E-state index in [1.165, 1.54) is 0 Å². The molecule has 1 nitrogen and oxygen atoms in total. The zero-order chi connectivity index (χ0) is 17.4. The molecule has 0 N–H and O–H groups in total. The normalized spacial score (nSPS) is 11.2. The SMILES string of the molecule is O=P(c1ccccc1)(c1ccccc1)c1ccccc1.[Cl][Ru]([Cl])[Cl]. The number of rotatable bonds is 3. The Morgan fingerprint density at radius 3 is 0.958 bits per heavy atom. The summed E-state index contributed by atoms with van der Waals surface area (Å²) in [6.45, 7) is 0. The molecule has 6 heteroatoms. The van der Waals surface area contributed by atoms with Crippen molar-refractivity contribution >= 4 is 52.1 Å². The van der Waals surface area contributed by atoms with Crippen molar-refractivity contribution in [3.8, 4) is 0 Å². The van der Waals surface area contributed by atoms with Crippen molar-refractivity contribution in [2.24, 2.45) is 0 Å². The average molecular weight is 486 g/mol. The minimum absolute atomic E-state index is 0.873. The summed E-state index contributed by atoms with van der Waals surface area (Å²) < 4.78 is 13.8. The Hall–Kier alpha value is -0.617. The van der Waals surface area contributed by atoms with Crippen LogP contribution < -0.4 is 15.9 Å².